The fraction of sp³-hybridized carbons (Fsp3) is 0.667. The zero-order chi connectivity index (χ0) is 12.3. The highest BCUT2D eigenvalue weighted by molar-refractivity contribution is 5.55. The van der Waals surface area contributed by atoms with Gasteiger partial charge in [0, 0.05) is 12.1 Å². The van der Waals surface area contributed by atoms with Crippen LogP contribution in [0.3, 0.4) is 0 Å². The number of nitrogens with one attached hydrogen (secondary N) is 1. The van der Waals surface area contributed by atoms with Gasteiger partial charge in [0.2, 0.25) is 0 Å². The first-order valence-electron chi connectivity index (χ1n) is 6.22. The number of nitrogens with two attached hydrogens (primary N) is 1. The average Bonchev–Trinajstić information content (AvgIpc) is 2.27. The summed E-state index contributed by atoms with van der Waals surface area (Å²) in [6, 6.07) is 0. The highest BCUT2D eigenvalue weighted by atomic mass is 16.3. The fourth-order valence-electron chi connectivity index (χ4n) is 2.18. The van der Waals surface area contributed by atoms with Crippen LogP contribution in [0.5, 0.6) is 0 Å². The summed E-state index contributed by atoms with van der Waals surface area (Å²) in [4.78, 5) is 8.26. The van der Waals surface area contributed by atoms with E-state index in [1.54, 1.807) is 0 Å². The van der Waals surface area contributed by atoms with Crippen LogP contribution in [-0.4, -0.2) is 27.7 Å². The molecule has 0 unspecified atom stereocenters. The van der Waals surface area contributed by atoms with Gasteiger partial charge >= 0.3 is 0 Å². The van der Waals surface area contributed by atoms with E-state index in [0.29, 0.717) is 11.7 Å². The fourth-order valence-corrected chi connectivity index (χ4v) is 2.18. The summed E-state index contributed by atoms with van der Waals surface area (Å²) in [5.41, 5.74) is 6.86. The second-order valence-corrected chi connectivity index (χ2v) is 4.71. The first-order valence-corrected chi connectivity index (χ1v) is 6.22. The standard InChI is InChI=1S/C12H20N4O/c1-2-3-10-11(13)15-7-16-12(10)14-6-8-4-9(17)5-8/h7-9,17H,2-6H2,1H3,(H3,13,14,15,16). The van der Waals surface area contributed by atoms with Gasteiger partial charge < -0.3 is 16.2 Å². The van der Waals surface area contributed by atoms with E-state index < -0.39 is 0 Å². The van der Waals surface area contributed by atoms with Crippen molar-refractivity contribution in [2.24, 2.45) is 5.92 Å². The summed E-state index contributed by atoms with van der Waals surface area (Å²) in [7, 11) is 0. The SMILES string of the molecule is CCCc1c(N)ncnc1NCC1CC(O)C1. The molecule has 4 N–H and O–H groups in total. The van der Waals surface area contributed by atoms with Crippen molar-refractivity contribution in [3.8, 4) is 0 Å². The van der Waals surface area contributed by atoms with Crippen LogP contribution in [0, 0.1) is 5.92 Å². The van der Waals surface area contributed by atoms with E-state index in [1.807, 2.05) is 0 Å². The zero-order valence-corrected chi connectivity index (χ0v) is 10.2. The van der Waals surface area contributed by atoms with Gasteiger partial charge in [0.05, 0.1) is 6.10 Å². The van der Waals surface area contributed by atoms with Crippen molar-refractivity contribution in [3.05, 3.63) is 11.9 Å². The van der Waals surface area contributed by atoms with E-state index in [2.05, 4.69) is 22.2 Å². The molecular formula is C12H20N4O. The molecule has 5 heteroatoms. The van der Waals surface area contributed by atoms with Gasteiger partial charge in [-0.05, 0) is 25.2 Å². The molecular weight excluding hydrogens is 216 g/mol. The Kier molecular flexibility index (Phi) is 3.78. The van der Waals surface area contributed by atoms with E-state index in [0.717, 1.165) is 43.6 Å². The Morgan fingerprint density at radius 3 is 2.88 bits per heavy atom. The smallest absolute Gasteiger partial charge is 0.134 e. The number of rotatable bonds is 5. The Morgan fingerprint density at radius 1 is 1.47 bits per heavy atom. The molecule has 0 spiro atoms. The number of nitrogen functional groups attached to an aromatic ring is 1. The maximum atomic E-state index is 9.23. The van der Waals surface area contributed by atoms with Gasteiger partial charge in [0.25, 0.3) is 0 Å². The van der Waals surface area contributed by atoms with E-state index >= 15 is 0 Å². The number of nitrogens with zero attached hydrogens (tertiary/aromatic N) is 2. The molecule has 0 aliphatic heterocycles. The lowest BCUT2D eigenvalue weighted by molar-refractivity contribution is 0.0486. The topological polar surface area (TPSA) is 84.1 Å². The Hall–Kier alpha value is -1.36. The number of aliphatic hydroxyl groups is 1. The minimum Gasteiger partial charge on any atom is -0.393 e. The van der Waals surface area contributed by atoms with Crippen molar-refractivity contribution in [1.82, 2.24) is 9.97 Å². The lowest BCUT2D eigenvalue weighted by Gasteiger charge is -2.31. The Labute approximate surface area is 101 Å². The quantitative estimate of drug-likeness (QED) is 0.715. The number of hydrogen-bond donors (Lipinski definition) is 3. The molecule has 0 bridgehead atoms. The normalized spacial score (nSPS) is 23.2. The zero-order valence-electron chi connectivity index (χ0n) is 10.2. The number of anilines is 2. The Balaban J connectivity index is 1.97. The molecule has 2 rings (SSSR count). The number of aromatic nitrogens is 2. The van der Waals surface area contributed by atoms with Crippen LogP contribution >= 0.6 is 0 Å². The van der Waals surface area contributed by atoms with Crippen molar-refractivity contribution in [3.63, 3.8) is 0 Å². The van der Waals surface area contributed by atoms with E-state index in [1.165, 1.54) is 6.33 Å². The van der Waals surface area contributed by atoms with E-state index in [4.69, 9.17) is 5.73 Å². The van der Waals surface area contributed by atoms with Crippen LogP contribution in [0.15, 0.2) is 6.33 Å². The van der Waals surface area contributed by atoms with Crippen molar-refractivity contribution in [2.75, 3.05) is 17.6 Å². The predicted molar refractivity (Wildman–Crippen MR) is 67.7 cm³/mol. The molecule has 5 nitrogen and oxygen atoms in total. The van der Waals surface area contributed by atoms with Crippen LogP contribution < -0.4 is 11.1 Å². The van der Waals surface area contributed by atoms with Crippen LogP contribution in [-0.2, 0) is 6.42 Å². The molecule has 17 heavy (non-hydrogen) atoms. The molecule has 1 heterocycles. The highest BCUT2D eigenvalue weighted by Gasteiger charge is 2.26. The molecule has 0 saturated heterocycles. The maximum Gasteiger partial charge on any atom is 0.134 e. The highest BCUT2D eigenvalue weighted by Crippen LogP contribution is 2.28. The molecule has 1 saturated carbocycles. The second kappa shape index (κ2) is 5.31. The molecule has 0 aromatic carbocycles. The monoisotopic (exact) mass is 236 g/mol. The number of aliphatic hydroxyl groups excluding tert-OH is 1. The third kappa shape index (κ3) is 2.85. The molecule has 1 aliphatic rings. The van der Waals surface area contributed by atoms with Gasteiger partial charge in [-0.15, -0.1) is 0 Å². The molecule has 0 amide bonds. The van der Waals surface area contributed by atoms with Crippen LogP contribution in [0.1, 0.15) is 31.7 Å². The van der Waals surface area contributed by atoms with Gasteiger partial charge in [-0.2, -0.15) is 0 Å². The lowest BCUT2D eigenvalue weighted by Crippen LogP contribution is -2.33. The van der Waals surface area contributed by atoms with Crippen molar-refractivity contribution in [1.29, 1.82) is 0 Å². The van der Waals surface area contributed by atoms with Crippen LogP contribution in [0.4, 0.5) is 11.6 Å². The molecule has 1 aromatic rings. The Morgan fingerprint density at radius 2 is 2.24 bits per heavy atom. The molecule has 1 aromatic heterocycles. The lowest BCUT2D eigenvalue weighted by atomic mass is 9.82. The van der Waals surface area contributed by atoms with Crippen molar-refractivity contribution in [2.45, 2.75) is 38.7 Å². The van der Waals surface area contributed by atoms with Crippen LogP contribution in [0.25, 0.3) is 0 Å². The van der Waals surface area contributed by atoms with Gasteiger partial charge in [-0.3, -0.25) is 0 Å². The largest absolute Gasteiger partial charge is 0.393 e. The van der Waals surface area contributed by atoms with Gasteiger partial charge in [-0.1, -0.05) is 13.3 Å². The summed E-state index contributed by atoms with van der Waals surface area (Å²) >= 11 is 0. The third-order valence-corrected chi connectivity index (χ3v) is 3.25. The second-order valence-electron chi connectivity index (χ2n) is 4.71. The minimum absolute atomic E-state index is 0.104. The maximum absolute atomic E-state index is 9.23. The molecule has 1 fully saturated rings. The molecule has 1 aliphatic carbocycles. The summed E-state index contributed by atoms with van der Waals surface area (Å²) in [5, 5.41) is 12.5. The van der Waals surface area contributed by atoms with Crippen LogP contribution in [0.2, 0.25) is 0 Å². The summed E-state index contributed by atoms with van der Waals surface area (Å²) < 4.78 is 0. The van der Waals surface area contributed by atoms with Crippen molar-refractivity contribution >= 4 is 11.6 Å². The first-order chi connectivity index (χ1) is 8.20. The van der Waals surface area contributed by atoms with E-state index in [9.17, 15) is 5.11 Å². The number of hydrogen-bond acceptors (Lipinski definition) is 5. The van der Waals surface area contributed by atoms with Gasteiger partial charge in [-0.25, -0.2) is 9.97 Å². The summed E-state index contributed by atoms with van der Waals surface area (Å²) in [6.45, 7) is 2.96. The molecule has 0 radical (unpaired) electrons. The summed E-state index contributed by atoms with van der Waals surface area (Å²) in [6.07, 6.45) is 5.07. The Bertz CT molecular complexity index is 377. The minimum atomic E-state index is -0.104. The third-order valence-electron chi connectivity index (χ3n) is 3.25. The first kappa shape index (κ1) is 12.1. The predicted octanol–water partition coefficient (Wildman–Crippen LogP) is 1.19. The average molecular weight is 236 g/mol. The van der Waals surface area contributed by atoms with Crippen molar-refractivity contribution < 1.29 is 5.11 Å². The molecule has 0 atom stereocenters. The summed E-state index contributed by atoms with van der Waals surface area (Å²) in [5.74, 6) is 1.97. The molecule has 94 valence electrons. The van der Waals surface area contributed by atoms with Gasteiger partial charge in [0.15, 0.2) is 0 Å². The van der Waals surface area contributed by atoms with E-state index in [-0.39, 0.29) is 6.10 Å². The van der Waals surface area contributed by atoms with Gasteiger partial charge in [0.1, 0.15) is 18.0 Å².